The van der Waals surface area contributed by atoms with Crippen LogP contribution in [-0.4, -0.2) is 23.5 Å². The maximum Gasteiger partial charge on any atom is 0.0372 e. The van der Waals surface area contributed by atoms with E-state index >= 15 is 0 Å². The zero-order valence-corrected chi connectivity index (χ0v) is 7.62. The second kappa shape index (κ2) is 2.87. The first-order chi connectivity index (χ1) is 5.77. The van der Waals surface area contributed by atoms with Gasteiger partial charge in [0, 0.05) is 24.5 Å². The Morgan fingerprint density at radius 1 is 1.50 bits per heavy atom. The van der Waals surface area contributed by atoms with E-state index in [9.17, 15) is 0 Å². The molecule has 12 heavy (non-hydrogen) atoms. The Morgan fingerprint density at radius 2 is 2.33 bits per heavy atom. The lowest BCUT2D eigenvalue weighted by Gasteiger charge is -2.37. The lowest BCUT2D eigenvalue weighted by atomic mass is 9.97. The fourth-order valence-electron chi connectivity index (χ4n) is 1.61. The molecule has 1 atom stereocenters. The van der Waals surface area contributed by atoms with Crippen molar-refractivity contribution in [2.75, 3.05) is 13.6 Å². The van der Waals surface area contributed by atoms with E-state index in [-0.39, 0.29) is 0 Å². The van der Waals surface area contributed by atoms with Crippen molar-refractivity contribution < 1.29 is 0 Å². The molecule has 1 aromatic rings. The van der Waals surface area contributed by atoms with Gasteiger partial charge in [-0.05, 0) is 32.0 Å². The third-order valence-electron chi connectivity index (χ3n) is 2.61. The van der Waals surface area contributed by atoms with Crippen molar-refractivity contribution in [3.8, 4) is 0 Å². The molecule has 2 rings (SSSR count). The summed E-state index contributed by atoms with van der Waals surface area (Å²) in [4.78, 5) is 6.64. The third kappa shape index (κ3) is 1.23. The number of hydrogen-bond donors (Lipinski definition) is 0. The normalized spacial score (nSPS) is 23.7. The van der Waals surface area contributed by atoms with Gasteiger partial charge in [-0.3, -0.25) is 9.88 Å². The second-order valence-corrected chi connectivity index (χ2v) is 3.52. The maximum atomic E-state index is 4.29. The zero-order valence-electron chi connectivity index (χ0n) is 7.62. The lowest BCUT2D eigenvalue weighted by molar-refractivity contribution is 0.127. The average Bonchev–Trinajstić information content (AvgIpc) is 2.06. The van der Waals surface area contributed by atoms with Crippen LogP contribution in [0.4, 0.5) is 0 Å². The van der Waals surface area contributed by atoms with Crippen molar-refractivity contribution in [2.24, 2.45) is 0 Å². The van der Waals surface area contributed by atoms with Crippen molar-refractivity contribution in [2.45, 2.75) is 19.4 Å². The largest absolute Gasteiger partial charge is 0.299 e. The van der Waals surface area contributed by atoms with E-state index in [1.54, 1.807) is 0 Å². The molecule has 1 aromatic heterocycles. The maximum absolute atomic E-state index is 4.29. The van der Waals surface area contributed by atoms with Gasteiger partial charge in [0.1, 0.15) is 0 Å². The number of pyridine rings is 1. The summed E-state index contributed by atoms with van der Waals surface area (Å²) >= 11 is 0. The van der Waals surface area contributed by atoms with E-state index in [0.717, 1.165) is 5.69 Å². The predicted molar refractivity (Wildman–Crippen MR) is 49.0 cm³/mol. The van der Waals surface area contributed by atoms with Crippen LogP contribution in [0.3, 0.4) is 0 Å². The van der Waals surface area contributed by atoms with Crippen LogP contribution in [0.2, 0.25) is 0 Å². The fourth-order valence-corrected chi connectivity index (χ4v) is 1.61. The number of aryl methyl sites for hydroxylation is 1. The summed E-state index contributed by atoms with van der Waals surface area (Å²) in [5.41, 5.74) is 2.45. The van der Waals surface area contributed by atoms with Gasteiger partial charge < -0.3 is 0 Å². The molecule has 0 spiro atoms. The third-order valence-corrected chi connectivity index (χ3v) is 2.61. The van der Waals surface area contributed by atoms with Gasteiger partial charge in [0.05, 0.1) is 0 Å². The molecule has 0 aromatic carbocycles. The van der Waals surface area contributed by atoms with Gasteiger partial charge in [-0.15, -0.1) is 0 Å². The number of rotatable bonds is 1. The van der Waals surface area contributed by atoms with Gasteiger partial charge in [-0.1, -0.05) is 6.07 Å². The molecule has 1 fully saturated rings. The van der Waals surface area contributed by atoms with Crippen LogP contribution in [0.1, 0.15) is 23.7 Å². The smallest absolute Gasteiger partial charge is 0.0372 e. The molecule has 2 nitrogen and oxygen atoms in total. The van der Waals surface area contributed by atoms with Crippen molar-refractivity contribution in [1.29, 1.82) is 0 Å². The Bertz CT molecular complexity index is 266. The van der Waals surface area contributed by atoms with Crippen molar-refractivity contribution >= 4 is 0 Å². The zero-order chi connectivity index (χ0) is 8.55. The summed E-state index contributed by atoms with van der Waals surface area (Å²) in [6, 6.07) is 4.89. The van der Waals surface area contributed by atoms with E-state index < -0.39 is 0 Å². The van der Waals surface area contributed by atoms with Gasteiger partial charge in [-0.2, -0.15) is 0 Å². The minimum absolute atomic E-state index is 0.623. The Balaban J connectivity index is 2.18. The van der Waals surface area contributed by atoms with E-state index in [4.69, 9.17) is 0 Å². The molecule has 0 amide bonds. The molecule has 64 valence electrons. The van der Waals surface area contributed by atoms with Gasteiger partial charge in [0.2, 0.25) is 0 Å². The first-order valence-corrected chi connectivity index (χ1v) is 4.40. The van der Waals surface area contributed by atoms with Crippen LogP contribution in [0, 0.1) is 6.92 Å². The first-order valence-electron chi connectivity index (χ1n) is 4.40. The quantitative estimate of drug-likeness (QED) is 0.625. The Kier molecular flexibility index (Phi) is 1.85. The highest BCUT2D eigenvalue weighted by molar-refractivity contribution is 5.19. The topological polar surface area (TPSA) is 16.1 Å². The summed E-state index contributed by atoms with van der Waals surface area (Å²) in [6.45, 7) is 3.24. The molecule has 2 heteroatoms. The van der Waals surface area contributed by atoms with E-state index in [2.05, 4.69) is 29.1 Å². The molecule has 0 bridgehead atoms. The highest BCUT2D eigenvalue weighted by Gasteiger charge is 2.25. The second-order valence-electron chi connectivity index (χ2n) is 3.52. The van der Waals surface area contributed by atoms with Crippen molar-refractivity contribution in [3.05, 3.63) is 29.6 Å². The molecule has 0 N–H and O–H groups in total. The Hall–Kier alpha value is -0.890. The fraction of sp³-hybridized carbons (Fsp3) is 0.500. The lowest BCUT2D eigenvalue weighted by Crippen LogP contribution is -2.37. The first kappa shape index (κ1) is 7.74. The predicted octanol–water partition coefficient (Wildman–Crippen LogP) is 1.77. The number of likely N-dealkylation sites (tertiary alicyclic amines) is 1. The molecule has 0 unspecified atom stereocenters. The Labute approximate surface area is 73.2 Å². The molecule has 1 aliphatic rings. The van der Waals surface area contributed by atoms with Crippen LogP contribution >= 0.6 is 0 Å². The standard InChI is InChI=1S/C10H14N2/c1-8-3-4-9(7-11-8)10-5-6-12(10)2/h3-4,7,10H,5-6H2,1-2H3/t10-/m1/s1. The van der Waals surface area contributed by atoms with Gasteiger partial charge in [0.25, 0.3) is 0 Å². The van der Waals surface area contributed by atoms with Gasteiger partial charge >= 0.3 is 0 Å². The van der Waals surface area contributed by atoms with Gasteiger partial charge in [0.15, 0.2) is 0 Å². The van der Waals surface area contributed by atoms with Crippen LogP contribution in [0.25, 0.3) is 0 Å². The number of aromatic nitrogens is 1. The molecular formula is C10H14N2. The molecular weight excluding hydrogens is 148 g/mol. The van der Waals surface area contributed by atoms with E-state index in [1.165, 1.54) is 18.5 Å². The summed E-state index contributed by atoms with van der Waals surface area (Å²) in [7, 11) is 2.16. The highest BCUT2D eigenvalue weighted by Crippen LogP contribution is 2.30. The Morgan fingerprint density at radius 3 is 2.75 bits per heavy atom. The molecule has 0 radical (unpaired) electrons. The van der Waals surface area contributed by atoms with E-state index in [0.29, 0.717) is 6.04 Å². The molecule has 2 heterocycles. The van der Waals surface area contributed by atoms with E-state index in [1.807, 2.05) is 13.1 Å². The van der Waals surface area contributed by atoms with Crippen LogP contribution in [0.5, 0.6) is 0 Å². The van der Waals surface area contributed by atoms with Crippen molar-refractivity contribution in [3.63, 3.8) is 0 Å². The van der Waals surface area contributed by atoms with Crippen LogP contribution in [-0.2, 0) is 0 Å². The summed E-state index contributed by atoms with van der Waals surface area (Å²) < 4.78 is 0. The van der Waals surface area contributed by atoms with Gasteiger partial charge in [-0.25, -0.2) is 0 Å². The minimum atomic E-state index is 0.623. The number of nitrogens with zero attached hydrogens (tertiary/aromatic N) is 2. The SMILES string of the molecule is Cc1ccc([C@H]2CCN2C)cn1. The highest BCUT2D eigenvalue weighted by atomic mass is 15.2. The minimum Gasteiger partial charge on any atom is -0.299 e. The summed E-state index contributed by atoms with van der Waals surface area (Å²) in [6.07, 6.45) is 3.27. The molecule has 0 aliphatic carbocycles. The molecule has 0 saturated carbocycles. The summed E-state index contributed by atoms with van der Waals surface area (Å²) in [5, 5.41) is 0. The molecule has 1 saturated heterocycles. The monoisotopic (exact) mass is 162 g/mol. The van der Waals surface area contributed by atoms with Crippen LogP contribution in [0.15, 0.2) is 18.3 Å². The summed E-state index contributed by atoms with van der Waals surface area (Å²) in [5.74, 6) is 0. The van der Waals surface area contributed by atoms with Crippen LogP contribution < -0.4 is 0 Å². The molecule has 1 aliphatic heterocycles. The van der Waals surface area contributed by atoms with Crippen molar-refractivity contribution in [1.82, 2.24) is 9.88 Å². The average molecular weight is 162 g/mol. The number of hydrogen-bond acceptors (Lipinski definition) is 2.